The molecule has 5 N–H and O–H groups in total. The maximum Gasteiger partial charge on any atom is 0.180 e. The maximum absolute atomic E-state index is 10.4. The number of azide groups is 1. The van der Waals surface area contributed by atoms with Crippen molar-refractivity contribution in [3.63, 3.8) is 0 Å². The summed E-state index contributed by atoms with van der Waals surface area (Å²) in [5, 5.41) is 38.7. The van der Waals surface area contributed by atoms with Crippen molar-refractivity contribution in [2.45, 2.75) is 24.4 Å². The van der Waals surface area contributed by atoms with Gasteiger partial charge in [0, 0.05) is 0 Å². The molecule has 0 saturated heterocycles. The lowest BCUT2D eigenvalue weighted by molar-refractivity contribution is -0.120. The van der Waals surface area contributed by atoms with E-state index in [1.54, 1.807) is 0 Å². The molecule has 0 unspecified atom stereocenters. The van der Waals surface area contributed by atoms with Crippen LogP contribution in [0.15, 0.2) is 5.22 Å². The topological polar surface area (TPSA) is 159 Å². The van der Waals surface area contributed by atoms with Gasteiger partial charge in [-0.15, -0.1) is 5.53 Å². The van der Waals surface area contributed by atoms with Gasteiger partial charge in [0.05, 0.1) is 6.61 Å². The zero-order valence-electron chi connectivity index (χ0n) is 7.63. The minimum atomic E-state index is -1.73. The molecule has 9 heteroatoms. The number of hydrogen-bond donors (Lipinski definition) is 5. The molecule has 0 amide bonds. The summed E-state index contributed by atoms with van der Waals surface area (Å²) in [6.45, 7) is -0.772. The third-order valence-electron chi connectivity index (χ3n) is 1.70. The lowest BCUT2D eigenvalue weighted by atomic mass is 10.0. The van der Waals surface area contributed by atoms with E-state index >= 15 is 0 Å². The Labute approximate surface area is 84.6 Å². The minimum absolute atomic E-state index is 0.201. The summed E-state index contributed by atoms with van der Waals surface area (Å²) in [4.78, 5) is 12.7. The van der Waals surface area contributed by atoms with Crippen LogP contribution in [0.25, 0.3) is 10.4 Å². The Balaban J connectivity index is 4.41. The van der Waals surface area contributed by atoms with Crippen LogP contribution in [-0.4, -0.2) is 57.7 Å². The Morgan fingerprint density at radius 3 is 2.40 bits per heavy atom. The van der Waals surface area contributed by atoms with Gasteiger partial charge in [-0.1, -0.05) is 0 Å². The second-order valence-electron chi connectivity index (χ2n) is 2.71. The Morgan fingerprint density at radius 1 is 1.40 bits per heavy atom. The van der Waals surface area contributed by atoms with Crippen molar-refractivity contribution in [2.24, 2.45) is 5.22 Å². The van der Waals surface area contributed by atoms with Gasteiger partial charge >= 0.3 is 0 Å². The van der Waals surface area contributed by atoms with E-state index in [-0.39, 0.29) is 6.29 Å². The highest BCUT2D eigenvalue weighted by molar-refractivity contribution is 5.58. The fourth-order valence-corrected chi connectivity index (χ4v) is 0.828. The van der Waals surface area contributed by atoms with Crippen molar-refractivity contribution < 1.29 is 25.2 Å². The third-order valence-corrected chi connectivity index (χ3v) is 1.70. The van der Waals surface area contributed by atoms with Crippen molar-refractivity contribution in [2.75, 3.05) is 6.61 Å². The second kappa shape index (κ2) is 6.98. The van der Waals surface area contributed by atoms with E-state index in [4.69, 9.17) is 15.7 Å². The summed E-state index contributed by atoms with van der Waals surface area (Å²) in [6, 6.07) is -1.36. The smallest absolute Gasteiger partial charge is 0.180 e. The maximum atomic E-state index is 10.4. The lowest BCUT2D eigenvalue weighted by Gasteiger charge is -2.23. The minimum Gasteiger partial charge on any atom is -0.394 e. The van der Waals surface area contributed by atoms with E-state index in [0.29, 0.717) is 0 Å². The van der Waals surface area contributed by atoms with Gasteiger partial charge in [-0.05, 0) is 5.22 Å². The number of aldehydes is 1. The van der Waals surface area contributed by atoms with Crippen molar-refractivity contribution in [3.8, 4) is 0 Å². The monoisotopic (exact) mass is 220 g/mol. The first-order valence-electron chi connectivity index (χ1n) is 3.98. The third kappa shape index (κ3) is 4.11. The Morgan fingerprint density at radius 2 is 2.00 bits per heavy atom. The van der Waals surface area contributed by atoms with Crippen LogP contribution in [0.4, 0.5) is 0 Å². The van der Waals surface area contributed by atoms with Gasteiger partial charge in [0.2, 0.25) is 0 Å². The normalized spacial score (nSPS) is 18.1. The zero-order valence-corrected chi connectivity index (χ0v) is 7.63. The van der Waals surface area contributed by atoms with Crippen LogP contribution in [0, 0.1) is 0 Å². The molecule has 86 valence electrons. The molecule has 0 aliphatic rings. The van der Waals surface area contributed by atoms with Crippen molar-refractivity contribution in [1.29, 1.82) is 0 Å². The number of rotatable bonds is 7. The van der Waals surface area contributed by atoms with Gasteiger partial charge < -0.3 is 20.4 Å². The predicted molar refractivity (Wildman–Crippen MR) is 47.2 cm³/mol. The highest BCUT2D eigenvalue weighted by Crippen LogP contribution is 2.03. The first kappa shape index (κ1) is 13.6. The fourth-order valence-electron chi connectivity index (χ4n) is 0.828. The molecule has 0 aromatic carbocycles. The van der Waals surface area contributed by atoms with Gasteiger partial charge in [-0.25, -0.2) is 5.43 Å². The highest BCUT2D eigenvalue weighted by Gasteiger charge is 2.32. The molecule has 0 heterocycles. The molecule has 0 rings (SSSR count). The molecule has 15 heavy (non-hydrogen) atoms. The van der Waals surface area contributed by atoms with Crippen LogP contribution in [0.3, 0.4) is 0 Å². The second-order valence-corrected chi connectivity index (χ2v) is 2.71. The molecule has 0 aliphatic heterocycles. The lowest BCUT2D eigenvalue weighted by Crippen LogP contribution is -2.50. The average molecular weight is 220 g/mol. The molecule has 0 bridgehead atoms. The molecule has 0 saturated carbocycles. The summed E-state index contributed by atoms with van der Waals surface area (Å²) in [5.41, 5.74) is 9.85. The van der Waals surface area contributed by atoms with Gasteiger partial charge in [0.1, 0.15) is 18.3 Å². The Hall–Kier alpha value is -1.38. The van der Waals surface area contributed by atoms with E-state index in [0.717, 1.165) is 0 Å². The number of nitrogens with one attached hydrogen (secondary N) is 1. The Kier molecular flexibility index (Phi) is 6.34. The van der Waals surface area contributed by atoms with Gasteiger partial charge in [0.25, 0.3) is 0 Å². The van der Waals surface area contributed by atoms with Gasteiger partial charge in [-0.2, -0.15) is 4.91 Å². The fraction of sp³-hybridized carbons (Fsp3) is 0.833. The number of nitrogens with zero attached hydrogens (tertiary/aromatic N) is 3. The van der Waals surface area contributed by atoms with Crippen LogP contribution in [0.1, 0.15) is 0 Å². The quantitative estimate of drug-likeness (QED) is 0.104. The summed E-state index contributed by atoms with van der Waals surface area (Å²) in [7, 11) is 0. The van der Waals surface area contributed by atoms with Gasteiger partial charge in [-0.3, -0.25) is 4.79 Å². The number of hydrogen-bond acceptors (Lipinski definition) is 6. The molecule has 0 aromatic heterocycles. The average Bonchev–Trinajstić information content (AvgIpc) is 2.27. The molecule has 0 aliphatic carbocycles. The number of carbonyl (C=O) groups is 1. The SMILES string of the molecule is [N-]=[N+]=NN[C@@H](C=O)[C@@H](O)[C@@H](O)[C@H](O)CO. The van der Waals surface area contributed by atoms with E-state index < -0.39 is 31.0 Å². The van der Waals surface area contributed by atoms with Gasteiger partial charge in [0.15, 0.2) is 12.3 Å². The molecular formula is C6H12N4O5. The standard InChI is InChI=1S/C6H12N4O5/c7-9-10-8-3(1-11)5(14)6(15)4(13)2-12/h1,3-6,8,12-15H,2H2/t3-,4+,5+,6-/m0/s1. The summed E-state index contributed by atoms with van der Waals surface area (Å²) < 4.78 is 0. The van der Waals surface area contributed by atoms with Crippen LogP contribution in [0.2, 0.25) is 0 Å². The van der Waals surface area contributed by atoms with Crippen molar-refractivity contribution in [3.05, 3.63) is 10.4 Å². The molecule has 0 radical (unpaired) electrons. The largest absolute Gasteiger partial charge is 0.394 e. The van der Waals surface area contributed by atoms with E-state index in [1.807, 2.05) is 5.43 Å². The summed E-state index contributed by atoms with van der Waals surface area (Å²) in [6.07, 6.45) is -4.82. The molecule has 4 atom stereocenters. The van der Waals surface area contributed by atoms with Crippen LogP contribution in [-0.2, 0) is 4.79 Å². The van der Waals surface area contributed by atoms with Crippen LogP contribution < -0.4 is 5.43 Å². The Bertz CT molecular complexity index is 244. The van der Waals surface area contributed by atoms with Crippen molar-refractivity contribution >= 4 is 6.29 Å². The molecule has 0 aromatic rings. The molecule has 9 nitrogen and oxygen atoms in total. The first-order chi connectivity index (χ1) is 7.08. The van der Waals surface area contributed by atoms with E-state index in [2.05, 4.69) is 10.1 Å². The van der Waals surface area contributed by atoms with Crippen LogP contribution >= 0.6 is 0 Å². The zero-order chi connectivity index (χ0) is 11.8. The summed E-state index contributed by atoms with van der Waals surface area (Å²) >= 11 is 0. The van der Waals surface area contributed by atoms with Crippen molar-refractivity contribution in [1.82, 2.24) is 5.43 Å². The molecule has 0 fully saturated rings. The number of aliphatic hydroxyl groups is 4. The molecular weight excluding hydrogens is 208 g/mol. The van der Waals surface area contributed by atoms with Crippen LogP contribution in [0.5, 0.6) is 0 Å². The van der Waals surface area contributed by atoms with E-state index in [1.165, 1.54) is 0 Å². The predicted octanol–water partition coefficient (Wildman–Crippen LogP) is -2.56. The summed E-state index contributed by atoms with van der Waals surface area (Å²) in [5.74, 6) is 0. The van der Waals surface area contributed by atoms with E-state index in [9.17, 15) is 15.0 Å². The molecule has 0 spiro atoms. The number of carbonyl (C=O) groups excluding carboxylic acids is 1. The highest BCUT2D eigenvalue weighted by atomic mass is 16.4. The first-order valence-corrected chi connectivity index (χ1v) is 3.98. The number of aliphatic hydroxyl groups excluding tert-OH is 4.